The molecule has 0 spiro atoms. The predicted octanol–water partition coefficient (Wildman–Crippen LogP) is -0.533. The number of nitrogens with one attached hydrogen (secondary N) is 1. The monoisotopic (exact) mass is 201 g/mol. The van der Waals surface area contributed by atoms with E-state index in [0.717, 1.165) is 26.2 Å². The number of ether oxygens (including phenoxy) is 1. The van der Waals surface area contributed by atoms with Crippen molar-refractivity contribution in [3.63, 3.8) is 0 Å². The van der Waals surface area contributed by atoms with Gasteiger partial charge in [-0.05, 0) is 21.1 Å². The van der Waals surface area contributed by atoms with Crippen molar-refractivity contribution >= 4 is 0 Å². The molecule has 0 aliphatic carbocycles. The molecular weight excluding hydrogens is 178 g/mol. The Balaban J connectivity index is 2.54. The summed E-state index contributed by atoms with van der Waals surface area (Å²) < 4.78 is 5.24. The molecule has 1 fully saturated rings. The topological polar surface area (TPSA) is 27.7 Å². The van der Waals surface area contributed by atoms with E-state index in [1.54, 1.807) is 7.11 Å². The summed E-state index contributed by atoms with van der Waals surface area (Å²) in [5.74, 6) is 0. The van der Waals surface area contributed by atoms with Crippen LogP contribution in [0.15, 0.2) is 0 Å². The van der Waals surface area contributed by atoms with E-state index in [2.05, 4.69) is 29.2 Å². The number of likely N-dealkylation sites (N-methyl/N-ethyl adjacent to an activating group) is 3. The molecule has 0 aromatic heterocycles. The van der Waals surface area contributed by atoms with Gasteiger partial charge in [-0.2, -0.15) is 0 Å². The molecule has 1 rings (SSSR count). The molecular formula is C10H23N3O. The number of rotatable bonds is 3. The average molecular weight is 201 g/mol. The molecule has 0 radical (unpaired) electrons. The van der Waals surface area contributed by atoms with E-state index >= 15 is 0 Å². The van der Waals surface area contributed by atoms with Gasteiger partial charge in [-0.1, -0.05) is 0 Å². The van der Waals surface area contributed by atoms with Crippen molar-refractivity contribution in [1.82, 2.24) is 15.1 Å². The lowest BCUT2D eigenvalue weighted by atomic mass is 10.2. The Morgan fingerprint density at radius 2 is 2.00 bits per heavy atom. The van der Waals surface area contributed by atoms with Crippen molar-refractivity contribution in [1.29, 1.82) is 0 Å². The van der Waals surface area contributed by atoms with Crippen LogP contribution in [-0.4, -0.2) is 76.4 Å². The molecule has 1 N–H and O–H groups in total. The molecule has 1 saturated heterocycles. The maximum atomic E-state index is 5.24. The van der Waals surface area contributed by atoms with Gasteiger partial charge in [0.05, 0.1) is 6.61 Å². The average Bonchev–Trinajstić information content (AvgIpc) is 2.27. The van der Waals surface area contributed by atoms with Crippen LogP contribution in [-0.2, 0) is 4.74 Å². The molecule has 2 unspecified atom stereocenters. The Morgan fingerprint density at radius 3 is 2.57 bits per heavy atom. The second kappa shape index (κ2) is 5.66. The van der Waals surface area contributed by atoms with Crippen molar-refractivity contribution in [2.24, 2.45) is 0 Å². The molecule has 0 aromatic rings. The molecule has 0 aromatic carbocycles. The van der Waals surface area contributed by atoms with E-state index in [1.807, 2.05) is 7.05 Å². The standard InChI is InChI=1S/C10H23N3O/c1-11-9-5-12(2)7-10(8-14-4)13(3)6-9/h9-11H,5-8H2,1-4H3. The molecule has 1 heterocycles. The van der Waals surface area contributed by atoms with Gasteiger partial charge < -0.3 is 15.0 Å². The van der Waals surface area contributed by atoms with Gasteiger partial charge >= 0.3 is 0 Å². The lowest BCUT2D eigenvalue weighted by Crippen LogP contribution is -2.43. The van der Waals surface area contributed by atoms with Gasteiger partial charge in [0, 0.05) is 38.8 Å². The SMILES string of the molecule is CNC1CN(C)CC(COC)N(C)C1. The first-order chi connectivity index (χ1) is 6.67. The minimum Gasteiger partial charge on any atom is -0.383 e. The number of methoxy groups -OCH3 is 1. The number of hydrogen-bond acceptors (Lipinski definition) is 4. The molecule has 1 aliphatic rings. The fourth-order valence-electron chi connectivity index (χ4n) is 2.06. The Bertz CT molecular complexity index is 165. The fourth-order valence-corrected chi connectivity index (χ4v) is 2.06. The predicted molar refractivity (Wildman–Crippen MR) is 58.6 cm³/mol. The third-order valence-electron chi connectivity index (χ3n) is 2.95. The summed E-state index contributed by atoms with van der Waals surface area (Å²) in [5, 5.41) is 3.34. The van der Waals surface area contributed by atoms with Gasteiger partial charge in [-0.3, -0.25) is 4.90 Å². The van der Waals surface area contributed by atoms with Gasteiger partial charge in [0.15, 0.2) is 0 Å². The first-order valence-electron chi connectivity index (χ1n) is 5.22. The van der Waals surface area contributed by atoms with Crippen LogP contribution in [0.25, 0.3) is 0 Å². The molecule has 84 valence electrons. The summed E-state index contributed by atoms with van der Waals surface area (Å²) in [5.41, 5.74) is 0. The van der Waals surface area contributed by atoms with E-state index in [1.165, 1.54) is 0 Å². The minimum atomic E-state index is 0.517. The second-order valence-electron chi connectivity index (χ2n) is 4.26. The van der Waals surface area contributed by atoms with Crippen LogP contribution in [0.5, 0.6) is 0 Å². The third-order valence-corrected chi connectivity index (χ3v) is 2.95. The Morgan fingerprint density at radius 1 is 1.29 bits per heavy atom. The largest absolute Gasteiger partial charge is 0.383 e. The number of nitrogens with zero attached hydrogens (tertiary/aromatic N) is 2. The lowest BCUT2D eigenvalue weighted by Gasteiger charge is -2.26. The summed E-state index contributed by atoms with van der Waals surface area (Å²) in [6.07, 6.45) is 0. The third kappa shape index (κ3) is 3.20. The van der Waals surface area contributed by atoms with Crippen LogP contribution in [0.4, 0.5) is 0 Å². The van der Waals surface area contributed by atoms with Crippen LogP contribution >= 0.6 is 0 Å². The highest BCUT2D eigenvalue weighted by molar-refractivity contribution is 4.83. The smallest absolute Gasteiger partial charge is 0.0630 e. The summed E-state index contributed by atoms with van der Waals surface area (Å²) in [4.78, 5) is 4.75. The summed E-state index contributed by atoms with van der Waals surface area (Å²) in [7, 11) is 8.15. The highest BCUT2D eigenvalue weighted by Crippen LogP contribution is 2.07. The van der Waals surface area contributed by atoms with E-state index in [4.69, 9.17) is 4.74 Å². The zero-order valence-electron chi connectivity index (χ0n) is 9.79. The van der Waals surface area contributed by atoms with Crippen molar-refractivity contribution in [2.45, 2.75) is 12.1 Å². The van der Waals surface area contributed by atoms with Gasteiger partial charge in [-0.15, -0.1) is 0 Å². The highest BCUT2D eigenvalue weighted by atomic mass is 16.5. The maximum Gasteiger partial charge on any atom is 0.0630 e. The molecule has 0 bridgehead atoms. The quantitative estimate of drug-likeness (QED) is 0.664. The molecule has 14 heavy (non-hydrogen) atoms. The zero-order valence-corrected chi connectivity index (χ0v) is 9.79. The molecule has 4 heteroatoms. The Labute approximate surface area is 87.2 Å². The van der Waals surface area contributed by atoms with Gasteiger partial charge in [-0.25, -0.2) is 0 Å². The van der Waals surface area contributed by atoms with Crippen molar-refractivity contribution in [3.05, 3.63) is 0 Å². The summed E-state index contributed by atoms with van der Waals surface area (Å²) >= 11 is 0. The zero-order chi connectivity index (χ0) is 10.6. The normalized spacial score (nSPS) is 31.7. The summed E-state index contributed by atoms with van der Waals surface area (Å²) in [6.45, 7) is 4.11. The highest BCUT2D eigenvalue weighted by Gasteiger charge is 2.24. The van der Waals surface area contributed by atoms with E-state index in [0.29, 0.717) is 12.1 Å². The van der Waals surface area contributed by atoms with Crippen molar-refractivity contribution in [2.75, 3.05) is 54.5 Å². The van der Waals surface area contributed by atoms with Gasteiger partial charge in [0.2, 0.25) is 0 Å². The Hall–Kier alpha value is -0.160. The molecule has 1 aliphatic heterocycles. The van der Waals surface area contributed by atoms with E-state index in [9.17, 15) is 0 Å². The van der Waals surface area contributed by atoms with Crippen molar-refractivity contribution in [3.8, 4) is 0 Å². The van der Waals surface area contributed by atoms with Gasteiger partial charge in [0.25, 0.3) is 0 Å². The number of hydrogen-bond donors (Lipinski definition) is 1. The second-order valence-corrected chi connectivity index (χ2v) is 4.26. The van der Waals surface area contributed by atoms with Crippen LogP contribution in [0.3, 0.4) is 0 Å². The van der Waals surface area contributed by atoms with Crippen LogP contribution < -0.4 is 5.32 Å². The first kappa shape index (κ1) is 11.9. The van der Waals surface area contributed by atoms with E-state index in [-0.39, 0.29) is 0 Å². The lowest BCUT2D eigenvalue weighted by molar-refractivity contribution is 0.0994. The Kier molecular flexibility index (Phi) is 4.81. The van der Waals surface area contributed by atoms with Crippen LogP contribution in [0.1, 0.15) is 0 Å². The maximum absolute atomic E-state index is 5.24. The molecule has 2 atom stereocenters. The van der Waals surface area contributed by atoms with Crippen LogP contribution in [0, 0.1) is 0 Å². The fraction of sp³-hybridized carbons (Fsp3) is 1.00. The summed E-state index contributed by atoms with van der Waals surface area (Å²) in [6, 6.07) is 1.08. The molecule has 4 nitrogen and oxygen atoms in total. The first-order valence-corrected chi connectivity index (χ1v) is 5.22. The van der Waals surface area contributed by atoms with Crippen LogP contribution in [0.2, 0.25) is 0 Å². The molecule has 0 saturated carbocycles. The van der Waals surface area contributed by atoms with Crippen molar-refractivity contribution < 1.29 is 4.74 Å². The van der Waals surface area contributed by atoms with Gasteiger partial charge in [0.1, 0.15) is 0 Å². The minimum absolute atomic E-state index is 0.517. The molecule has 0 amide bonds. The van der Waals surface area contributed by atoms with E-state index < -0.39 is 0 Å².